The molecular formula is C10H25NOSi. The van der Waals surface area contributed by atoms with Gasteiger partial charge in [-0.15, -0.1) is 0 Å². The maximum atomic E-state index is 5.21. The SMILES string of the molecule is C1CC[SiH2]OC1.CCCCN(C)C. The highest BCUT2D eigenvalue weighted by molar-refractivity contribution is 6.27. The van der Waals surface area contributed by atoms with Crippen LogP contribution in [0.2, 0.25) is 6.04 Å². The predicted molar refractivity (Wildman–Crippen MR) is 62.0 cm³/mol. The van der Waals surface area contributed by atoms with Crippen LogP contribution in [0.1, 0.15) is 32.6 Å². The van der Waals surface area contributed by atoms with Crippen LogP contribution in [0.15, 0.2) is 0 Å². The van der Waals surface area contributed by atoms with Crippen molar-refractivity contribution >= 4 is 9.76 Å². The fourth-order valence-corrected chi connectivity index (χ4v) is 2.33. The van der Waals surface area contributed by atoms with Crippen molar-refractivity contribution in [2.24, 2.45) is 0 Å². The van der Waals surface area contributed by atoms with Crippen molar-refractivity contribution in [1.29, 1.82) is 0 Å². The molecule has 1 heterocycles. The fourth-order valence-electron chi connectivity index (χ4n) is 1.16. The summed E-state index contributed by atoms with van der Waals surface area (Å²) in [5.41, 5.74) is 0. The van der Waals surface area contributed by atoms with Crippen LogP contribution in [0.3, 0.4) is 0 Å². The summed E-state index contributed by atoms with van der Waals surface area (Å²) in [6, 6.07) is 1.42. The molecule has 0 N–H and O–H groups in total. The Morgan fingerprint density at radius 2 is 2.08 bits per heavy atom. The monoisotopic (exact) mass is 203 g/mol. The average molecular weight is 203 g/mol. The van der Waals surface area contributed by atoms with E-state index in [1.54, 1.807) is 0 Å². The lowest BCUT2D eigenvalue weighted by atomic mass is 10.3. The first-order chi connectivity index (χ1) is 6.27. The highest BCUT2D eigenvalue weighted by Crippen LogP contribution is 2.01. The van der Waals surface area contributed by atoms with E-state index in [2.05, 4.69) is 25.9 Å². The lowest BCUT2D eigenvalue weighted by Gasteiger charge is -2.07. The van der Waals surface area contributed by atoms with Gasteiger partial charge in [0.1, 0.15) is 0 Å². The maximum Gasteiger partial charge on any atom is 0.161 e. The molecular weight excluding hydrogens is 178 g/mol. The van der Waals surface area contributed by atoms with E-state index in [1.807, 2.05) is 0 Å². The third-order valence-electron chi connectivity index (χ3n) is 2.04. The summed E-state index contributed by atoms with van der Waals surface area (Å²) in [7, 11) is 4.22. The molecule has 0 unspecified atom stereocenters. The van der Waals surface area contributed by atoms with E-state index >= 15 is 0 Å². The van der Waals surface area contributed by atoms with Gasteiger partial charge in [0.25, 0.3) is 0 Å². The van der Waals surface area contributed by atoms with Crippen molar-refractivity contribution in [2.45, 2.75) is 38.7 Å². The zero-order valence-electron chi connectivity index (χ0n) is 9.51. The van der Waals surface area contributed by atoms with Gasteiger partial charge in [0.2, 0.25) is 0 Å². The summed E-state index contributed by atoms with van der Waals surface area (Å²) in [4.78, 5) is 2.21. The molecule has 3 heteroatoms. The van der Waals surface area contributed by atoms with Crippen LogP contribution >= 0.6 is 0 Å². The Bertz CT molecular complexity index is 83.4. The van der Waals surface area contributed by atoms with Crippen molar-refractivity contribution in [3.8, 4) is 0 Å². The number of hydrogen-bond donors (Lipinski definition) is 0. The Kier molecular flexibility index (Phi) is 10.3. The average Bonchev–Trinajstić information content (AvgIpc) is 2.18. The summed E-state index contributed by atoms with van der Waals surface area (Å²) in [6.45, 7) is 4.51. The van der Waals surface area contributed by atoms with Gasteiger partial charge in [0.15, 0.2) is 9.76 Å². The number of rotatable bonds is 3. The van der Waals surface area contributed by atoms with E-state index in [1.165, 1.54) is 38.3 Å². The molecule has 0 aromatic heterocycles. The molecule has 1 rings (SSSR count). The minimum atomic E-state index is 0.00849. The van der Waals surface area contributed by atoms with Crippen LogP contribution in [0, 0.1) is 0 Å². The van der Waals surface area contributed by atoms with Gasteiger partial charge in [-0.2, -0.15) is 0 Å². The summed E-state index contributed by atoms with van der Waals surface area (Å²) >= 11 is 0. The highest BCUT2D eigenvalue weighted by atomic mass is 28.2. The molecule has 80 valence electrons. The molecule has 0 saturated carbocycles. The lowest BCUT2D eigenvalue weighted by molar-refractivity contribution is 0.304. The van der Waals surface area contributed by atoms with Gasteiger partial charge in [-0.25, -0.2) is 0 Å². The molecule has 0 atom stereocenters. The van der Waals surface area contributed by atoms with Gasteiger partial charge in [-0.3, -0.25) is 0 Å². The number of hydrogen-bond acceptors (Lipinski definition) is 2. The molecule has 13 heavy (non-hydrogen) atoms. The second-order valence-corrected chi connectivity index (χ2v) is 5.35. The third-order valence-corrected chi connectivity index (χ3v) is 3.40. The van der Waals surface area contributed by atoms with Gasteiger partial charge < -0.3 is 9.33 Å². The Morgan fingerprint density at radius 1 is 1.31 bits per heavy atom. The second-order valence-electron chi connectivity index (χ2n) is 3.83. The molecule has 0 bridgehead atoms. The fraction of sp³-hybridized carbons (Fsp3) is 1.00. The van der Waals surface area contributed by atoms with Crippen molar-refractivity contribution in [2.75, 3.05) is 27.2 Å². The Balaban J connectivity index is 0.000000223. The third kappa shape index (κ3) is 12.1. The van der Waals surface area contributed by atoms with Crippen molar-refractivity contribution < 1.29 is 4.43 Å². The van der Waals surface area contributed by atoms with Gasteiger partial charge in [-0.05, 0) is 39.5 Å². The molecule has 1 aliphatic heterocycles. The van der Waals surface area contributed by atoms with Crippen molar-refractivity contribution in [1.82, 2.24) is 4.90 Å². The standard InChI is InChI=1S/C6H15N.C4H10OSi/c1-4-5-6-7(2)3;1-2-4-6-5-3-1/h4-6H2,1-3H3;1-4,6H2. The summed E-state index contributed by atoms with van der Waals surface area (Å²) in [6.07, 6.45) is 5.38. The van der Waals surface area contributed by atoms with E-state index in [4.69, 9.17) is 4.43 Å². The quantitative estimate of drug-likeness (QED) is 0.647. The zero-order chi connectivity index (χ0) is 9.94. The molecule has 2 nitrogen and oxygen atoms in total. The maximum absolute atomic E-state index is 5.21. The van der Waals surface area contributed by atoms with Crippen LogP contribution in [0.5, 0.6) is 0 Å². The molecule has 0 radical (unpaired) electrons. The highest BCUT2D eigenvalue weighted by Gasteiger charge is 1.96. The normalized spacial score (nSPS) is 18.5. The van der Waals surface area contributed by atoms with Crippen LogP contribution in [-0.2, 0) is 4.43 Å². The molecule has 0 amide bonds. The first-order valence-electron chi connectivity index (χ1n) is 5.50. The van der Waals surface area contributed by atoms with Crippen LogP contribution in [-0.4, -0.2) is 41.9 Å². The van der Waals surface area contributed by atoms with Crippen LogP contribution in [0.25, 0.3) is 0 Å². The molecule has 1 fully saturated rings. The van der Waals surface area contributed by atoms with Gasteiger partial charge in [0.05, 0.1) is 0 Å². The molecule has 0 aromatic rings. The Morgan fingerprint density at radius 3 is 2.23 bits per heavy atom. The van der Waals surface area contributed by atoms with Crippen molar-refractivity contribution in [3.63, 3.8) is 0 Å². The second kappa shape index (κ2) is 10.2. The minimum absolute atomic E-state index is 0.00849. The number of unbranched alkanes of at least 4 members (excludes halogenated alkanes) is 1. The Hall–Kier alpha value is 0.137. The first-order valence-corrected chi connectivity index (χ1v) is 7.07. The van der Waals surface area contributed by atoms with Gasteiger partial charge in [-0.1, -0.05) is 19.8 Å². The van der Waals surface area contributed by atoms with Crippen molar-refractivity contribution in [3.05, 3.63) is 0 Å². The molecule has 0 aromatic carbocycles. The Labute approximate surface area is 85.6 Å². The topological polar surface area (TPSA) is 12.5 Å². The van der Waals surface area contributed by atoms with E-state index in [0.29, 0.717) is 0 Å². The first kappa shape index (κ1) is 13.1. The van der Waals surface area contributed by atoms with E-state index in [9.17, 15) is 0 Å². The smallest absolute Gasteiger partial charge is 0.161 e. The summed E-state index contributed by atoms with van der Waals surface area (Å²) in [5.74, 6) is 0. The van der Waals surface area contributed by atoms with E-state index in [0.717, 1.165) is 6.61 Å². The van der Waals surface area contributed by atoms with Gasteiger partial charge >= 0.3 is 0 Å². The molecule has 0 spiro atoms. The number of nitrogens with zero attached hydrogens (tertiary/aromatic N) is 1. The molecule has 0 aliphatic carbocycles. The molecule has 1 aliphatic rings. The van der Waals surface area contributed by atoms with E-state index < -0.39 is 0 Å². The van der Waals surface area contributed by atoms with Crippen LogP contribution < -0.4 is 0 Å². The predicted octanol–water partition coefficient (Wildman–Crippen LogP) is 1.65. The molecule has 1 saturated heterocycles. The largest absolute Gasteiger partial charge is 0.424 e. The van der Waals surface area contributed by atoms with E-state index in [-0.39, 0.29) is 9.76 Å². The zero-order valence-corrected chi connectivity index (χ0v) is 10.9. The van der Waals surface area contributed by atoms with Crippen LogP contribution in [0.4, 0.5) is 0 Å². The minimum Gasteiger partial charge on any atom is -0.424 e. The summed E-state index contributed by atoms with van der Waals surface area (Å²) < 4.78 is 5.21. The summed E-state index contributed by atoms with van der Waals surface area (Å²) in [5, 5.41) is 0. The van der Waals surface area contributed by atoms with Gasteiger partial charge in [0, 0.05) is 6.61 Å². The lowest BCUT2D eigenvalue weighted by Crippen LogP contribution is -2.12.